The zero-order chi connectivity index (χ0) is 15.6. The average molecular weight is 292 g/mol. The smallest absolute Gasteiger partial charge is 0.223 e. The number of rotatable bonds is 7. The van der Waals surface area contributed by atoms with Crippen LogP contribution in [-0.4, -0.2) is 27.7 Å². The SMILES string of the molecule is CC(C)CN(Cc1cc(=O)c(O)cn1C1CC1)CC(C)C. The molecule has 0 bridgehead atoms. The molecular formula is C17H28N2O2. The molecule has 0 spiro atoms. The summed E-state index contributed by atoms with van der Waals surface area (Å²) in [6.07, 6.45) is 3.91. The molecule has 0 amide bonds. The van der Waals surface area contributed by atoms with E-state index in [9.17, 15) is 9.90 Å². The van der Waals surface area contributed by atoms with Crippen LogP contribution in [0.2, 0.25) is 0 Å². The highest BCUT2D eigenvalue weighted by molar-refractivity contribution is 5.22. The van der Waals surface area contributed by atoms with Crippen molar-refractivity contribution in [3.8, 4) is 5.75 Å². The van der Waals surface area contributed by atoms with Crippen molar-refractivity contribution in [1.82, 2.24) is 9.47 Å². The predicted molar refractivity (Wildman–Crippen MR) is 85.6 cm³/mol. The summed E-state index contributed by atoms with van der Waals surface area (Å²) in [6.45, 7) is 11.7. The van der Waals surface area contributed by atoms with Gasteiger partial charge in [0.25, 0.3) is 0 Å². The molecule has 0 unspecified atom stereocenters. The molecule has 1 fully saturated rings. The molecule has 21 heavy (non-hydrogen) atoms. The summed E-state index contributed by atoms with van der Waals surface area (Å²) >= 11 is 0. The second kappa shape index (κ2) is 6.65. The van der Waals surface area contributed by atoms with Crippen molar-refractivity contribution in [3.05, 3.63) is 28.2 Å². The molecule has 0 aromatic carbocycles. The van der Waals surface area contributed by atoms with Gasteiger partial charge in [-0.3, -0.25) is 9.69 Å². The van der Waals surface area contributed by atoms with Crippen LogP contribution in [0.3, 0.4) is 0 Å². The second-order valence-electron chi connectivity index (χ2n) is 7.13. The maximum Gasteiger partial charge on any atom is 0.223 e. The van der Waals surface area contributed by atoms with E-state index in [4.69, 9.17) is 0 Å². The van der Waals surface area contributed by atoms with Gasteiger partial charge in [-0.1, -0.05) is 27.7 Å². The number of nitrogens with zero attached hydrogens (tertiary/aromatic N) is 2. The van der Waals surface area contributed by atoms with E-state index in [1.54, 1.807) is 12.3 Å². The lowest BCUT2D eigenvalue weighted by Crippen LogP contribution is -2.32. The van der Waals surface area contributed by atoms with Gasteiger partial charge in [0.15, 0.2) is 5.75 Å². The minimum absolute atomic E-state index is 0.134. The molecular weight excluding hydrogens is 264 g/mol. The molecule has 1 heterocycles. The standard InChI is InChI=1S/C17H28N2O2/c1-12(2)8-18(9-13(3)4)10-15-7-16(20)17(21)11-19(15)14-5-6-14/h7,11-14,21H,5-6,8-10H2,1-4H3. The summed E-state index contributed by atoms with van der Waals surface area (Å²) < 4.78 is 2.10. The predicted octanol–water partition coefficient (Wildman–Crippen LogP) is 3.00. The van der Waals surface area contributed by atoms with Gasteiger partial charge in [-0.15, -0.1) is 0 Å². The van der Waals surface area contributed by atoms with E-state index >= 15 is 0 Å². The molecule has 1 N–H and O–H groups in total. The number of aromatic hydroxyl groups is 1. The van der Waals surface area contributed by atoms with Gasteiger partial charge in [-0.05, 0) is 24.7 Å². The Bertz CT molecular complexity index is 520. The fourth-order valence-electron chi connectivity index (χ4n) is 2.86. The molecule has 0 radical (unpaired) electrons. The molecule has 1 saturated carbocycles. The van der Waals surface area contributed by atoms with Crippen molar-refractivity contribution < 1.29 is 5.11 Å². The Morgan fingerprint density at radius 2 is 1.81 bits per heavy atom. The Balaban J connectivity index is 2.22. The van der Waals surface area contributed by atoms with E-state index in [0.717, 1.165) is 38.2 Å². The number of hydrogen-bond donors (Lipinski definition) is 1. The number of hydrogen-bond acceptors (Lipinski definition) is 3. The van der Waals surface area contributed by atoms with Crippen LogP contribution in [0.4, 0.5) is 0 Å². The molecule has 0 aliphatic heterocycles. The first-order valence-corrected chi connectivity index (χ1v) is 8.03. The molecule has 2 rings (SSSR count). The van der Waals surface area contributed by atoms with Crippen LogP contribution in [0.15, 0.2) is 17.1 Å². The zero-order valence-corrected chi connectivity index (χ0v) is 13.7. The second-order valence-corrected chi connectivity index (χ2v) is 7.13. The summed E-state index contributed by atoms with van der Waals surface area (Å²) in [7, 11) is 0. The fraction of sp³-hybridized carbons (Fsp3) is 0.706. The molecule has 4 nitrogen and oxygen atoms in total. The first-order valence-electron chi connectivity index (χ1n) is 8.03. The van der Waals surface area contributed by atoms with Crippen LogP contribution in [0.25, 0.3) is 0 Å². The fourth-order valence-corrected chi connectivity index (χ4v) is 2.86. The summed E-state index contributed by atoms with van der Waals surface area (Å²) in [5, 5.41) is 9.68. The van der Waals surface area contributed by atoms with E-state index in [0.29, 0.717) is 17.9 Å². The lowest BCUT2D eigenvalue weighted by Gasteiger charge is -2.27. The quantitative estimate of drug-likeness (QED) is 0.840. The van der Waals surface area contributed by atoms with Gasteiger partial charge in [0.1, 0.15) is 0 Å². The average Bonchev–Trinajstić information content (AvgIpc) is 3.15. The van der Waals surface area contributed by atoms with E-state index < -0.39 is 0 Å². The Hall–Kier alpha value is -1.29. The maximum atomic E-state index is 11.8. The highest BCUT2D eigenvalue weighted by atomic mass is 16.3. The molecule has 0 saturated heterocycles. The minimum atomic E-state index is -0.268. The van der Waals surface area contributed by atoms with Crippen LogP contribution in [0, 0.1) is 11.8 Å². The molecule has 4 heteroatoms. The van der Waals surface area contributed by atoms with E-state index in [1.807, 2.05) is 0 Å². The van der Waals surface area contributed by atoms with Gasteiger partial charge in [-0.2, -0.15) is 0 Å². The van der Waals surface area contributed by atoms with Crippen molar-refractivity contribution in [2.75, 3.05) is 13.1 Å². The zero-order valence-electron chi connectivity index (χ0n) is 13.7. The summed E-state index contributed by atoms with van der Waals surface area (Å²) in [5.74, 6) is 1.06. The Morgan fingerprint density at radius 3 is 2.29 bits per heavy atom. The molecule has 1 aromatic rings. The summed E-state index contributed by atoms with van der Waals surface area (Å²) in [4.78, 5) is 14.2. The minimum Gasteiger partial charge on any atom is -0.503 e. The van der Waals surface area contributed by atoms with Gasteiger partial charge in [0.05, 0.1) is 6.20 Å². The van der Waals surface area contributed by atoms with Gasteiger partial charge in [-0.25, -0.2) is 0 Å². The first-order chi connectivity index (χ1) is 9.86. The van der Waals surface area contributed by atoms with E-state index in [1.165, 1.54) is 0 Å². The lowest BCUT2D eigenvalue weighted by molar-refractivity contribution is 0.206. The van der Waals surface area contributed by atoms with Crippen LogP contribution in [0.1, 0.15) is 52.3 Å². The Labute approximate surface area is 127 Å². The highest BCUT2D eigenvalue weighted by Crippen LogP contribution is 2.36. The van der Waals surface area contributed by atoms with Crippen molar-refractivity contribution in [1.29, 1.82) is 0 Å². The Morgan fingerprint density at radius 1 is 1.24 bits per heavy atom. The highest BCUT2D eigenvalue weighted by Gasteiger charge is 2.26. The third kappa shape index (κ3) is 4.60. The summed E-state index contributed by atoms with van der Waals surface area (Å²) in [6, 6.07) is 2.08. The van der Waals surface area contributed by atoms with Crippen LogP contribution in [0.5, 0.6) is 5.75 Å². The topological polar surface area (TPSA) is 45.5 Å². The van der Waals surface area contributed by atoms with Crippen LogP contribution < -0.4 is 5.43 Å². The molecule has 1 aromatic heterocycles. The van der Waals surface area contributed by atoms with E-state index in [2.05, 4.69) is 37.2 Å². The maximum absolute atomic E-state index is 11.8. The van der Waals surface area contributed by atoms with Gasteiger partial charge in [0, 0.05) is 37.4 Å². The third-order valence-corrected chi connectivity index (χ3v) is 3.72. The van der Waals surface area contributed by atoms with Crippen molar-refractivity contribution >= 4 is 0 Å². The van der Waals surface area contributed by atoms with Crippen molar-refractivity contribution in [3.63, 3.8) is 0 Å². The lowest BCUT2D eigenvalue weighted by atomic mass is 10.1. The monoisotopic (exact) mass is 292 g/mol. The van der Waals surface area contributed by atoms with Crippen LogP contribution in [-0.2, 0) is 6.54 Å². The third-order valence-electron chi connectivity index (χ3n) is 3.72. The van der Waals surface area contributed by atoms with Crippen LogP contribution >= 0.6 is 0 Å². The molecule has 118 valence electrons. The number of aromatic nitrogens is 1. The number of pyridine rings is 1. The largest absolute Gasteiger partial charge is 0.503 e. The van der Waals surface area contributed by atoms with Crippen molar-refractivity contribution in [2.45, 2.75) is 53.1 Å². The van der Waals surface area contributed by atoms with E-state index in [-0.39, 0.29) is 11.2 Å². The first kappa shape index (κ1) is 16.1. The molecule has 1 aliphatic carbocycles. The summed E-state index contributed by atoms with van der Waals surface area (Å²) in [5.41, 5.74) is 0.762. The van der Waals surface area contributed by atoms with Gasteiger partial charge in [0.2, 0.25) is 5.43 Å². The Kier molecular flexibility index (Phi) is 5.09. The molecule has 0 atom stereocenters. The van der Waals surface area contributed by atoms with Crippen molar-refractivity contribution in [2.24, 2.45) is 11.8 Å². The molecule has 1 aliphatic rings. The normalized spacial score (nSPS) is 15.4. The van der Waals surface area contributed by atoms with Gasteiger partial charge >= 0.3 is 0 Å². The van der Waals surface area contributed by atoms with Gasteiger partial charge < -0.3 is 9.67 Å².